The molecule has 4 nitrogen and oxygen atoms in total. The minimum atomic E-state index is -0.414. The molecule has 26 heavy (non-hydrogen) atoms. The molecule has 0 spiro atoms. The third-order valence-electron chi connectivity index (χ3n) is 4.98. The summed E-state index contributed by atoms with van der Waals surface area (Å²) in [5.74, 6) is 0.675. The molecule has 1 aliphatic rings. The standard InChI is InChI=1S/C22H21NO3/c1-3-25-21(24)22(12-13-22)19-10-8-17(9-11-19)16-4-6-18(7-5-16)20-14-15(2)23-26-20/h4-11,14H,3,12-13H2,1-2H3. The van der Waals surface area contributed by atoms with Crippen molar-refractivity contribution in [2.45, 2.75) is 32.1 Å². The van der Waals surface area contributed by atoms with Gasteiger partial charge in [0, 0.05) is 11.6 Å². The SMILES string of the molecule is CCOC(=O)C1(c2ccc(-c3ccc(-c4cc(C)no4)cc3)cc2)CC1. The van der Waals surface area contributed by atoms with Gasteiger partial charge in [-0.1, -0.05) is 53.7 Å². The van der Waals surface area contributed by atoms with E-state index in [4.69, 9.17) is 9.26 Å². The molecule has 2 aromatic carbocycles. The first-order valence-corrected chi connectivity index (χ1v) is 8.94. The number of aryl methyl sites for hydroxylation is 1. The zero-order valence-corrected chi connectivity index (χ0v) is 15.0. The van der Waals surface area contributed by atoms with Gasteiger partial charge in [-0.05, 0) is 43.4 Å². The van der Waals surface area contributed by atoms with Gasteiger partial charge in [-0.3, -0.25) is 4.79 Å². The molecule has 0 unspecified atom stereocenters. The normalized spacial score (nSPS) is 14.8. The number of aromatic nitrogens is 1. The molecule has 0 saturated heterocycles. The van der Waals surface area contributed by atoms with Crippen LogP contribution in [0.2, 0.25) is 0 Å². The van der Waals surface area contributed by atoms with E-state index in [-0.39, 0.29) is 5.97 Å². The fraction of sp³-hybridized carbons (Fsp3) is 0.273. The van der Waals surface area contributed by atoms with E-state index in [1.165, 1.54) is 0 Å². The van der Waals surface area contributed by atoms with E-state index >= 15 is 0 Å². The van der Waals surface area contributed by atoms with Gasteiger partial charge in [-0.25, -0.2) is 0 Å². The largest absolute Gasteiger partial charge is 0.465 e. The van der Waals surface area contributed by atoms with Crippen molar-refractivity contribution in [2.75, 3.05) is 6.61 Å². The van der Waals surface area contributed by atoms with Crippen LogP contribution >= 0.6 is 0 Å². The van der Waals surface area contributed by atoms with Crippen LogP contribution in [0, 0.1) is 6.92 Å². The summed E-state index contributed by atoms with van der Waals surface area (Å²) in [5.41, 5.74) is 4.75. The number of benzene rings is 2. The van der Waals surface area contributed by atoms with Gasteiger partial charge in [0.15, 0.2) is 5.76 Å². The van der Waals surface area contributed by atoms with Crippen LogP contribution in [0.4, 0.5) is 0 Å². The highest BCUT2D eigenvalue weighted by Crippen LogP contribution is 2.49. The summed E-state index contributed by atoms with van der Waals surface area (Å²) in [6, 6.07) is 18.4. The lowest BCUT2D eigenvalue weighted by Crippen LogP contribution is -2.23. The summed E-state index contributed by atoms with van der Waals surface area (Å²) >= 11 is 0. The van der Waals surface area contributed by atoms with E-state index < -0.39 is 5.41 Å². The zero-order chi connectivity index (χ0) is 18.1. The number of carbonyl (C=O) groups is 1. The first-order chi connectivity index (χ1) is 12.6. The molecule has 0 amide bonds. The number of esters is 1. The van der Waals surface area contributed by atoms with Crippen molar-refractivity contribution in [1.82, 2.24) is 5.16 Å². The Labute approximate surface area is 152 Å². The number of rotatable bonds is 5. The van der Waals surface area contributed by atoms with Crippen molar-refractivity contribution in [3.05, 3.63) is 65.9 Å². The summed E-state index contributed by atoms with van der Waals surface area (Å²) < 4.78 is 10.5. The van der Waals surface area contributed by atoms with Crippen molar-refractivity contribution < 1.29 is 14.1 Å². The molecular weight excluding hydrogens is 326 g/mol. The van der Waals surface area contributed by atoms with Gasteiger partial charge in [0.25, 0.3) is 0 Å². The number of hydrogen-bond acceptors (Lipinski definition) is 4. The van der Waals surface area contributed by atoms with Crippen molar-refractivity contribution in [2.24, 2.45) is 0 Å². The van der Waals surface area contributed by atoms with Gasteiger partial charge < -0.3 is 9.26 Å². The second-order valence-electron chi connectivity index (χ2n) is 6.79. The topological polar surface area (TPSA) is 52.3 Å². The minimum Gasteiger partial charge on any atom is -0.465 e. The monoisotopic (exact) mass is 347 g/mol. The van der Waals surface area contributed by atoms with Crippen LogP contribution in [0.5, 0.6) is 0 Å². The zero-order valence-electron chi connectivity index (χ0n) is 15.0. The quantitative estimate of drug-likeness (QED) is 0.615. The molecule has 0 aliphatic heterocycles. The number of ether oxygens (including phenoxy) is 1. The Hall–Kier alpha value is -2.88. The van der Waals surface area contributed by atoms with Crippen LogP contribution in [0.15, 0.2) is 59.1 Å². The summed E-state index contributed by atoms with van der Waals surface area (Å²) in [4.78, 5) is 12.2. The predicted molar refractivity (Wildman–Crippen MR) is 99.7 cm³/mol. The lowest BCUT2D eigenvalue weighted by Gasteiger charge is -2.14. The number of carbonyl (C=O) groups excluding carboxylic acids is 1. The second-order valence-corrected chi connectivity index (χ2v) is 6.79. The summed E-state index contributed by atoms with van der Waals surface area (Å²) in [6.45, 7) is 4.18. The maximum absolute atomic E-state index is 12.2. The molecular formula is C22H21NO3. The van der Waals surface area contributed by atoms with E-state index in [0.29, 0.717) is 6.61 Å². The predicted octanol–water partition coefficient (Wildman–Crippen LogP) is 4.91. The van der Waals surface area contributed by atoms with Gasteiger partial charge in [0.05, 0.1) is 17.7 Å². The Morgan fingerprint density at radius 2 is 1.62 bits per heavy atom. The summed E-state index contributed by atoms with van der Waals surface area (Å²) in [7, 11) is 0. The molecule has 132 valence electrons. The summed E-state index contributed by atoms with van der Waals surface area (Å²) in [6.07, 6.45) is 1.74. The van der Waals surface area contributed by atoms with Crippen molar-refractivity contribution >= 4 is 5.97 Å². The fourth-order valence-electron chi connectivity index (χ4n) is 3.31. The Morgan fingerprint density at radius 3 is 2.12 bits per heavy atom. The Balaban J connectivity index is 1.55. The van der Waals surface area contributed by atoms with Gasteiger partial charge in [0.2, 0.25) is 0 Å². The molecule has 1 saturated carbocycles. The lowest BCUT2D eigenvalue weighted by molar-refractivity contribution is -0.146. The van der Waals surface area contributed by atoms with E-state index in [2.05, 4.69) is 29.4 Å². The maximum Gasteiger partial charge on any atom is 0.316 e. The lowest BCUT2D eigenvalue weighted by atomic mass is 9.93. The molecule has 0 N–H and O–H groups in total. The molecule has 0 bridgehead atoms. The average Bonchev–Trinajstić information content (AvgIpc) is 3.38. The van der Waals surface area contributed by atoms with Crippen molar-refractivity contribution in [1.29, 1.82) is 0 Å². The van der Waals surface area contributed by atoms with Crippen LogP contribution in [0.3, 0.4) is 0 Å². The van der Waals surface area contributed by atoms with Gasteiger partial charge in [-0.2, -0.15) is 0 Å². The smallest absolute Gasteiger partial charge is 0.316 e. The van der Waals surface area contributed by atoms with Crippen LogP contribution in [0.1, 0.15) is 31.0 Å². The second kappa shape index (κ2) is 6.45. The van der Waals surface area contributed by atoms with Gasteiger partial charge in [-0.15, -0.1) is 0 Å². The van der Waals surface area contributed by atoms with Gasteiger partial charge >= 0.3 is 5.97 Å². The van der Waals surface area contributed by atoms with Crippen LogP contribution in [0.25, 0.3) is 22.5 Å². The Morgan fingerprint density at radius 1 is 1.04 bits per heavy atom. The molecule has 1 aliphatic carbocycles. The molecule has 3 aromatic rings. The number of nitrogens with zero attached hydrogens (tertiary/aromatic N) is 1. The molecule has 1 fully saturated rings. The highest BCUT2D eigenvalue weighted by molar-refractivity contribution is 5.87. The Kier molecular flexibility index (Phi) is 4.11. The summed E-state index contributed by atoms with van der Waals surface area (Å²) in [5, 5.41) is 3.93. The molecule has 0 radical (unpaired) electrons. The van der Waals surface area contributed by atoms with Crippen molar-refractivity contribution in [3.8, 4) is 22.5 Å². The highest BCUT2D eigenvalue weighted by atomic mass is 16.5. The van der Waals surface area contributed by atoms with Crippen LogP contribution < -0.4 is 0 Å². The fourth-order valence-corrected chi connectivity index (χ4v) is 3.31. The van der Waals surface area contributed by atoms with Crippen LogP contribution in [-0.2, 0) is 14.9 Å². The molecule has 0 atom stereocenters. The first kappa shape index (κ1) is 16.6. The molecule has 4 heteroatoms. The number of hydrogen-bond donors (Lipinski definition) is 0. The van der Waals surface area contributed by atoms with E-state index in [1.54, 1.807) is 0 Å². The molecule has 4 rings (SSSR count). The third kappa shape index (κ3) is 2.92. The minimum absolute atomic E-state index is 0.0977. The highest BCUT2D eigenvalue weighted by Gasteiger charge is 2.52. The van der Waals surface area contributed by atoms with E-state index in [9.17, 15) is 4.79 Å². The van der Waals surface area contributed by atoms with Gasteiger partial charge in [0.1, 0.15) is 0 Å². The van der Waals surface area contributed by atoms with E-state index in [1.807, 2.05) is 44.2 Å². The van der Waals surface area contributed by atoms with E-state index in [0.717, 1.165) is 46.5 Å². The Bertz CT molecular complexity index is 919. The average molecular weight is 347 g/mol. The van der Waals surface area contributed by atoms with Crippen molar-refractivity contribution in [3.63, 3.8) is 0 Å². The first-order valence-electron chi connectivity index (χ1n) is 8.94. The molecule has 1 heterocycles. The molecule has 1 aromatic heterocycles. The maximum atomic E-state index is 12.2. The third-order valence-corrected chi connectivity index (χ3v) is 4.98. The van der Waals surface area contributed by atoms with Crippen LogP contribution in [-0.4, -0.2) is 17.7 Å².